The number of benzene rings is 1. The fourth-order valence-corrected chi connectivity index (χ4v) is 3.40. The summed E-state index contributed by atoms with van der Waals surface area (Å²) in [6.45, 7) is 0. The number of cyclic esters (lactones) is 1. The van der Waals surface area contributed by atoms with E-state index in [-0.39, 0.29) is 11.9 Å². The molecule has 0 bridgehead atoms. The zero-order valence-electron chi connectivity index (χ0n) is 11.9. The van der Waals surface area contributed by atoms with E-state index in [4.69, 9.17) is 4.74 Å². The van der Waals surface area contributed by atoms with Crippen LogP contribution >= 0.6 is 23.5 Å². The van der Waals surface area contributed by atoms with Crippen molar-refractivity contribution in [2.24, 2.45) is 0 Å². The predicted molar refractivity (Wildman–Crippen MR) is 86.6 cm³/mol. The highest BCUT2D eigenvalue weighted by atomic mass is 32.2. The van der Waals surface area contributed by atoms with E-state index in [9.17, 15) is 9.59 Å². The van der Waals surface area contributed by atoms with Gasteiger partial charge in [0.15, 0.2) is 6.10 Å². The largest absolute Gasteiger partial charge is 0.451 e. The van der Waals surface area contributed by atoms with Crippen LogP contribution in [-0.4, -0.2) is 41.8 Å². The molecule has 1 heterocycles. The molecule has 0 saturated carbocycles. The summed E-state index contributed by atoms with van der Waals surface area (Å²) in [5.41, 5.74) is 0. The second-order valence-corrected chi connectivity index (χ2v) is 6.87. The van der Waals surface area contributed by atoms with E-state index in [1.165, 1.54) is 0 Å². The van der Waals surface area contributed by atoms with Crippen LogP contribution in [0.3, 0.4) is 0 Å². The molecule has 1 fully saturated rings. The minimum atomic E-state index is -0.653. The molecule has 0 unspecified atom stereocenters. The molecule has 4 nitrogen and oxygen atoms in total. The van der Waals surface area contributed by atoms with Gasteiger partial charge in [0.25, 0.3) is 5.91 Å². The third kappa shape index (κ3) is 4.97. The highest BCUT2D eigenvalue weighted by molar-refractivity contribution is 7.99. The maximum atomic E-state index is 12.0. The Bertz CT molecular complexity index is 481. The third-order valence-electron chi connectivity index (χ3n) is 3.15. The van der Waals surface area contributed by atoms with Crippen molar-refractivity contribution in [3.8, 4) is 0 Å². The fraction of sp³-hybridized carbons (Fsp3) is 0.467. The molecule has 1 aromatic rings. The van der Waals surface area contributed by atoms with Gasteiger partial charge < -0.3 is 10.1 Å². The first-order valence-corrected chi connectivity index (χ1v) is 9.26. The Hall–Kier alpha value is -1.14. The summed E-state index contributed by atoms with van der Waals surface area (Å²) in [6, 6.07) is 9.49. The average molecular weight is 325 g/mol. The Morgan fingerprint density at radius 3 is 2.62 bits per heavy atom. The van der Waals surface area contributed by atoms with Crippen molar-refractivity contribution in [3.05, 3.63) is 30.3 Å². The Balaban J connectivity index is 1.77. The van der Waals surface area contributed by atoms with E-state index in [2.05, 4.69) is 5.32 Å². The lowest BCUT2D eigenvalue weighted by atomic mass is 10.1. The summed E-state index contributed by atoms with van der Waals surface area (Å²) in [5, 5.41) is 2.76. The molecule has 2 rings (SSSR count). The SMILES string of the molecule is CSCC[C@H]1NC(=O)[C@H](CCSc2ccccc2)OC1=O. The molecule has 6 heteroatoms. The summed E-state index contributed by atoms with van der Waals surface area (Å²) < 4.78 is 5.27. The topological polar surface area (TPSA) is 55.4 Å². The smallest absolute Gasteiger partial charge is 0.329 e. The van der Waals surface area contributed by atoms with Crippen LogP contribution in [0, 0.1) is 0 Å². The van der Waals surface area contributed by atoms with E-state index in [0.717, 1.165) is 16.4 Å². The van der Waals surface area contributed by atoms with Crippen LogP contribution in [0.2, 0.25) is 0 Å². The Labute approximate surface area is 133 Å². The molecular formula is C15H19NO3S2. The summed E-state index contributed by atoms with van der Waals surface area (Å²) in [7, 11) is 0. The van der Waals surface area contributed by atoms with Gasteiger partial charge in [0.05, 0.1) is 0 Å². The zero-order valence-corrected chi connectivity index (χ0v) is 13.5. The first kappa shape index (κ1) is 16.2. The number of rotatable bonds is 7. The van der Waals surface area contributed by atoms with Gasteiger partial charge in [-0.1, -0.05) is 18.2 Å². The standard InChI is InChI=1S/C15H19NO3S2/c1-20-9-7-12-15(18)19-13(14(17)16-12)8-10-21-11-5-3-2-4-6-11/h2-6,12-13H,7-10H2,1H3,(H,16,17)/t12-,13+/m1/s1. The summed E-state index contributed by atoms with van der Waals surface area (Å²) in [6.07, 6.45) is 2.47. The molecule has 0 aromatic heterocycles. The number of nitrogens with one attached hydrogen (secondary N) is 1. The molecule has 1 saturated heterocycles. The predicted octanol–water partition coefficient (Wildman–Crippen LogP) is 2.33. The van der Waals surface area contributed by atoms with Crippen LogP contribution in [0.5, 0.6) is 0 Å². The molecule has 1 amide bonds. The van der Waals surface area contributed by atoms with Crippen molar-refractivity contribution in [1.29, 1.82) is 0 Å². The van der Waals surface area contributed by atoms with Crippen molar-refractivity contribution >= 4 is 35.4 Å². The number of carbonyl (C=O) groups is 2. The summed E-state index contributed by atoms with van der Waals surface area (Å²) in [5.74, 6) is 1.09. The van der Waals surface area contributed by atoms with Crippen molar-refractivity contribution in [2.75, 3.05) is 17.8 Å². The molecule has 21 heavy (non-hydrogen) atoms. The van der Waals surface area contributed by atoms with Gasteiger partial charge in [0.1, 0.15) is 6.04 Å². The molecular weight excluding hydrogens is 306 g/mol. The second kappa shape index (κ2) is 8.34. The molecule has 0 aliphatic carbocycles. The van der Waals surface area contributed by atoms with Gasteiger partial charge in [-0.05, 0) is 30.6 Å². The lowest BCUT2D eigenvalue weighted by Crippen LogP contribution is -2.54. The number of hydrogen-bond donors (Lipinski definition) is 1. The van der Waals surface area contributed by atoms with E-state index < -0.39 is 12.1 Å². The Morgan fingerprint density at radius 2 is 1.90 bits per heavy atom. The summed E-state index contributed by atoms with van der Waals surface area (Å²) >= 11 is 3.31. The number of ether oxygens (including phenoxy) is 1. The highest BCUT2D eigenvalue weighted by Gasteiger charge is 2.35. The van der Waals surface area contributed by atoms with Crippen LogP contribution in [0.15, 0.2) is 35.2 Å². The van der Waals surface area contributed by atoms with Crippen molar-refractivity contribution in [1.82, 2.24) is 5.32 Å². The van der Waals surface area contributed by atoms with E-state index >= 15 is 0 Å². The van der Waals surface area contributed by atoms with Crippen LogP contribution in [0.1, 0.15) is 12.8 Å². The van der Waals surface area contributed by atoms with Crippen molar-refractivity contribution in [3.63, 3.8) is 0 Å². The van der Waals surface area contributed by atoms with E-state index in [1.807, 2.05) is 36.6 Å². The molecule has 0 spiro atoms. The fourth-order valence-electron chi connectivity index (χ4n) is 2.02. The minimum Gasteiger partial charge on any atom is -0.451 e. The van der Waals surface area contributed by atoms with E-state index in [1.54, 1.807) is 23.5 Å². The number of thioether (sulfide) groups is 2. The van der Waals surface area contributed by atoms with Gasteiger partial charge in [0.2, 0.25) is 0 Å². The number of esters is 1. The van der Waals surface area contributed by atoms with Gasteiger partial charge in [-0.2, -0.15) is 11.8 Å². The quantitative estimate of drug-likeness (QED) is 0.616. The van der Waals surface area contributed by atoms with Gasteiger partial charge in [-0.15, -0.1) is 11.8 Å². The molecule has 2 atom stereocenters. The van der Waals surface area contributed by atoms with Crippen molar-refractivity contribution < 1.29 is 14.3 Å². The Morgan fingerprint density at radius 1 is 1.14 bits per heavy atom. The third-order valence-corrected chi connectivity index (χ3v) is 4.84. The molecule has 1 aliphatic rings. The highest BCUT2D eigenvalue weighted by Crippen LogP contribution is 2.20. The molecule has 114 valence electrons. The molecule has 0 radical (unpaired) electrons. The van der Waals surface area contributed by atoms with Gasteiger partial charge >= 0.3 is 5.97 Å². The summed E-state index contributed by atoms with van der Waals surface area (Å²) in [4.78, 5) is 24.9. The number of hydrogen-bond acceptors (Lipinski definition) is 5. The monoisotopic (exact) mass is 325 g/mol. The Kier molecular flexibility index (Phi) is 6.45. The van der Waals surface area contributed by atoms with Gasteiger partial charge in [0, 0.05) is 17.1 Å². The molecule has 1 aromatic carbocycles. The maximum Gasteiger partial charge on any atom is 0.329 e. The van der Waals surface area contributed by atoms with E-state index in [0.29, 0.717) is 12.8 Å². The normalized spacial score (nSPS) is 21.8. The minimum absolute atomic E-state index is 0.172. The molecule has 1 aliphatic heterocycles. The van der Waals surface area contributed by atoms with Gasteiger partial charge in [-0.3, -0.25) is 4.79 Å². The van der Waals surface area contributed by atoms with Gasteiger partial charge in [-0.25, -0.2) is 4.79 Å². The number of morpholine rings is 1. The van der Waals surface area contributed by atoms with Crippen LogP contribution in [0.25, 0.3) is 0 Å². The van der Waals surface area contributed by atoms with Crippen LogP contribution in [0.4, 0.5) is 0 Å². The lowest BCUT2D eigenvalue weighted by Gasteiger charge is -2.28. The first-order chi connectivity index (χ1) is 10.2. The lowest BCUT2D eigenvalue weighted by molar-refractivity contribution is -0.165. The first-order valence-electron chi connectivity index (χ1n) is 6.88. The molecule has 1 N–H and O–H groups in total. The second-order valence-electron chi connectivity index (χ2n) is 4.72. The zero-order chi connectivity index (χ0) is 15.1. The number of amides is 1. The number of carbonyl (C=O) groups excluding carboxylic acids is 2. The van der Waals surface area contributed by atoms with Crippen molar-refractivity contribution in [2.45, 2.75) is 29.9 Å². The van der Waals surface area contributed by atoms with Crippen LogP contribution in [-0.2, 0) is 14.3 Å². The average Bonchev–Trinajstić information content (AvgIpc) is 2.50. The van der Waals surface area contributed by atoms with Crippen LogP contribution < -0.4 is 5.32 Å². The maximum absolute atomic E-state index is 12.0.